The highest BCUT2D eigenvalue weighted by atomic mass is 19.4. The second-order valence-corrected chi connectivity index (χ2v) is 4.87. The molecule has 0 aliphatic carbocycles. The van der Waals surface area contributed by atoms with Gasteiger partial charge in [-0.05, 0) is 13.0 Å². The minimum absolute atomic E-state index is 0.546. The Balaban J connectivity index is 3.26. The zero-order valence-electron chi connectivity index (χ0n) is 11.4. The van der Waals surface area contributed by atoms with Crippen molar-refractivity contribution >= 4 is 0 Å². The van der Waals surface area contributed by atoms with E-state index in [0.29, 0.717) is 0 Å². The van der Waals surface area contributed by atoms with Crippen molar-refractivity contribution < 1.29 is 39.9 Å². The third-order valence-electron chi connectivity index (χ3n) is 3.27. The molecule has 0 saturated heterocycles. The summed E-state index contributed by atoms with van der Waals surface area (Å²) in [4.78, 5) is 0. The summed E-state index contributed by atoms with van der Waals surface area (Å²) in [6.07, 6.45) is -8.50. The molecule has 0 saturated carbocycles. The van der Waals surface area contributed by atoms with Gasteiger partial charge < -0.3 is 4.74 Å². The Morgan fingerprint density at radius 1 is 0.955 bits per heavy atom. The predicted octanol–water partition coefficient (Wildman–Crippen LogP) is 4.91. The third kappa shape index (κ3) is 3.18. The van der Waals surface area contributed by atoms with Crippen LogP contribution in [-0.4, -0.2) is 25.1 Å². The normalized spacial score (nSPS) is 16.5. The summed E-state index contributed by atoms with van der Waals surface area (Å²) in [7, 11) is 0.814. The average molecular weight is 336 g/mol. The highest BCUT2D eigenvalue weighted by molar-refractivity contribution is 5.25. The van der Waals surface area contributed by atoms with Gasteiger partial charge in [-0.1, -0.05) is 18.2 Å². The van der Waals surface area contributed by atoms with Crippen molar-refractivity contribution in [2.45, 2.75) is 37.0 Å². The number of rotatable bonds is 5. The van der Waals surface area contributed by atoms with Gasteiger partial charge in [0.1, 0.15) is 5.82 Å². The topological polar surface area (TPSA) is 9.23 Å². The van der Waals surface area contributed by atoms with E-state index in [1.165, 1.54) is 12.1 Å². The van der Waals surface area contributed by atoms with E-state index in [4.69, 9.17) is 0 Å². The van der Waals surface area contributed by atoms with Gasteiger partial charge in [-0.15, -0.1) is 0 Å². The maximum Gasteiger partial charge on any atom is 0.459 e. The molecule has 0 radical (unpaired) electrons. The van der Waals surface area contributed by atoms with E-state index in [1.807, 2.05) is 0 Å². The van der Waals surface area contributed by atoms with Crippen LogP contribution in [0, 0.1) is 5.82 Å². The number of ether oxygens (including phenoxy) is 1. The Bertz CT molecular complexity index is 525. The molecule has 0 N–H and O–H groups in total. The first-order chi connectivity index (χ1) is 9.78. The van der Waals surface area contributed by atoms with Gasteiger partial charge in [0.15, 0.2) is 0 Å². The van der Waals surface area contributed by atoms with Gasteiger partial charge in [-0.25, -0.2) is 4.39 Å². The van der Waals surface area contributed by atoms with E-state index in [2.05, 4.69) is 4.74 Å². The second kappa shape index (κ2) is 5.68. The molecule has 0 spiro atoms. The predicted molar refractivity (Wildman–Crippen MR) is 61.3 cm³/mol. The first-order valence-corrected chi connectivity index (χ1v) is 5.91. The van der Waals surface area contributed by atoms with E-state index in [9.17, 15) is 35.1 Å². The first kappa shape index (κ1) is 18.7. The maximum atomic E-state index is 13.6. The standard InChI is InChI=1S/C13H12F8O/c1-10(22-2,8-5-3-4-6-9(8)14)7-11(15,16)12(17,18)13(19,20)21/h3-6H,7H2,1-2H3. The van der Waals surface area contributed by atoms with Crippen LogP contribution in [0.5, 0.6) is 0 Å². The first-order valence-electron chi connectivity index (χ1n) is 5.91. The molecule has 0 bridgehead atoms. The largest absolute Gasteiger partial charge is 0.459 e. The highest BCUT2D eigenvalue weighted by Gasteiger charge is 2.73. The smallest absolute Gasteiger partial charge is 0.373 e. The molecule has 22 heavy (non-hydrogen) atoms. The third-order valence-corrected chi connectivity index (χ3v) is 3.27. The Kier molecular flexibility index (Phi) is 4.82. The van der Waals surface area contributed by atoms with Crippen molar-refractivity contribution in [3.05, 3.63) is 35.6 Å². The fourth-order valence-electron chi connectivity index (χ4n) is 1.91. The van der Waals surface area contributed by atoms with Crippen LogP contribution in [0.2, 0.25) is 0 Å². The van der Waals surface area contributed by atoms with Crippen molar-refractivity contribution in [3.8, 4) is 0 Å². The van der Waals surface area contributed by atoms with Gasteiger partial charge in [0, 0.05) is 12.7 Å². The lowest BCUT2D eigenvalue weighted by molar-refractivity contribution is -0.362. The Labute approximate surface area is 120 Å². The molecule has 126 valence electrons. The number of hydrogen-bond acceptors (Lipinski definition) is 1. The molecular weight excluding hydrogens is 324 g/mol. The highest BCUT2D eigenvalue weighted by Crippen LogP contribution is 2.51. The summed E-state index contributed by atoms with van der Waals surface area (Å²) >= 11 is 0. The summed E-state index contributed by atoms with van der Waals surface area (Å²) in [5, 5.41) is 0. The van der Waals surface area contributed by atoms with Crippen molar-refractivity contribution in [1.29, 1.82) is 0 Å². The quantitative estimate of drug-likeness (QED) is 0.694. The summed E-state index contributed by atoms with van der Waals surface area (Å²) in [5.74, 6) is -12.8. The molecule has 9 heteroatoms. The molecule has 0 heterocycles. The number of hydrogen-bond donors (Lipinski definition) is 0. The van der Waals surface area contributed by atoms with E-state index < -0.39 is 41.4 Å². The van der Waals surface area contributed by atoms with Crippen LogP contribution in [0.25, 0.3) is 0 Å². The average Bonchev–Trinajstić information content (AvgIpc) is 2.37. The van der Waals surface area contributed by atoms with Gasteiger partial charge >= 0.3 is 18.0 Å². The van der Waals surface area contributed by atoms with Gasteiger partial charge in [0.05, 0.1) is 12.0 Å². The molecule has 1 nitrogen and oxygen atoms in total. The van der Waals surface area contributed by atoms with Crippen molar-refractivity contribution in [2.75, 3.05) is 7.11 Å². The van der Waals surface area contributed by atoms with Crippen LogP contribution in [0.1, 0.15) is 18.9 Å². The van der Waals surface area contributed by atoms with Crippen LogP contribution in [0.4, 0.5) is 35.1 Å². The number of alkyl halides is 7. The van der Waals surface area contributed by atoms with Gasteiger partial charge in [0.25, 0.3) is 0 Å². The molecule has 0 fully saturated rings. The zero-order valence-corrected chi connectivity index (χ0v) is 11.4. The molecule has 0 aliphatic rings. The van der Waals surface area contributed by atoms with Crippen molar-refractivity contribution in [3.63, 3.8) is 0 Å². The van der Waals surface area contributed by atoms with Crippen LogP contribution >= 0.6 is 0 Å². The molecule has 1 aromatic rings. The van der Waals surface area contributed by atoms with Crippen molar-refractivity contribution in [1.82, 2.24) is 0 Å². The SMILES string of the molecule is COC(C)(CC(F)(F)C(F)(F)C(F)(F)F)c1ccccc1F. The Morgan fingerprint density at radius 3 is 1.86 bits per heavy atom. The van der Waals surface area contributed by atoms with E-state index in [0.717, 1.165) is 26.2 Å². The van der Waals surface area contributed by atoms with Gasteiger partial charge in [-0.2, -0.15) is 30.7 Å². The lowest BCUT2D eigenvalue weighted by Crippen LogP contribution is -2.54. The van der Waals surface area contributed by atoms with Gasteiger partial charge in [0.2, 0.25) is 0 Å². The van der Waals surface area contributed by atoms with Crippen LogP contribution in [0.15, 0.2) is 24.3 Å². The minimum atomic E-state index is -6.44. The summed E-state index contributed by atoms with van der Waals surface area (Å²) in [6.45, 7) is 0.811. The zero-order chi connectivity index (χ0) is 17.4. The van der Waals surface area contributed by atoms with Crippen LogP contribution in [-0.2, 0) is 10.3 Å². The number of methoxy groups -OCH3 is 1. The molecule has 1 aromatic carbocycles. The fraction of sp³-hybridized carbons (Fsp3) is 0.538. The van der Waals surface area contributed by atoms with E-state index >= 15 is 0 Å². The van der Waals surface area contributed by atoms with Crippen LogP contribution in [0.3, 0.4) is 0 Å². The lowest BCUT2D eigenvalue weighted by Gasteiger charge is -2.36. The Morgan fingerprint density at radius 2 is 1.45 bits per heavy atom. The fourth-order valence-corrected chi connectivity index (χ4v) is 1.91. The summed E-state index contributed by atoms with van der Waals surface area (Å²) in [6, 6.07) is 4.25. The number of halogens is 8. The maximum absolute atomic E-state index is 13.6. The molecule has 1 atom stereocenters. The monoisotopic (exact) mass is 336 g/mol. The van der Waals surface area contributed by atoms with Crippen molar-refractivity contribution in [2.24, 2.45) is 0 Å². The van der Waals surface area contributed by atoms with E-state index in [1.54, 1.807) is 0 Å². The molecule has 0 aromatic heterocycles. The molecular formula is C13H12F8O. The second-order valence-electron chi connectivity index (χ2n) is 4.87. The minimum Gasteiger partial charge on any atom is -0.373 e. The molecule has 1 rings (SSSR count). The molecule has 0 aliphatic heterocycles. The number of benzene rings is 1. The van der Waals surface area contributed by atoms with Gasteiger partial charge in [-0.3, -0.25) is 0 Å². The van der Waals surface area contributed by atoms with E-state index in [-0.39, 0.29) is 0 Å². The Hall–Kier alpha value is -1.38. The van der Waals surface area contributed by atoms with Crippen LogP contribution < -0.4 is 0 Å². The summed E-state index contributed by atoms with van der Waals surface area (Å²) in [5.41, 5.74) is -2.92. The molecule has 1 unspecified atom stereocenters. The lowest BCUT2D eigenvalue weighted by atomic mass is 9.86. The summed E-state index contributed by atoms with van der Waals surface area (Å²) < 4.78 is 108. The molecule has 0 amide bonds.